The molecule has 1 aliphatic heterocycles. The van der Waals surface area contributed by atoms with Crippen LogP contribution in [-0.4, -0.2) is 12.6 Å². The summed E-state index contributed by atoms with van der Waals surface area (Å²) in [7, 11) is 0. The van der Waals surface area contributed by atoms with Crippen LogP contribution in [0, 0.1) is 6.92 Å². The van der Waals surface area contributed by atoms with Crippen molar-refractivity contribution in [3.63, 3.8) is 0 Å². The van der Waals surface area contributed by atoms with Crippen molar-refractivity contribution in [1.82, 2.24) is 0 Å². The lowest BCUT2D eigenvalue weighted by Crippen LogP contribution is -2.43. The molecule has 2 aromatic carbocycles. The number of benzene rings is 2. The van der Waals surface area contributed by atoms with E-state index in [1.54, 1.807) is 0 Å². The molecule has 0 aliphatic carbocycles. The van der Waals surface area contributed by atoms with Gasteiger partial charge in [0.15, 0.2) is 0 Å². The minimum absolute atomic E-state index is 0.235. The Morgan fingerprint density at radius 1 is 1.11 bits per heavy atom. The van der Waals surface area contributed by atoms with Crippen LogP contribution in [0.1, 0.15) is 16.7 Å². The normalized spacial score (nSPS) is 18.2. The molecule has 0 fully saturated rings. The minimum atomic E-state index is 0.235. The Bertz CT molecular complexity index is 577. The quantitative estimate of drug-likeness (QED) is 0.890. The standard InChI is InChI=1S/C17H20N2/c1-13-6-2-3-8-15(13)11-19-12-16(18)10-14-7-4-5-9-17(14)19/h2-9,16H,10-12,18H2,1H3. The predicted molar refractivity (Wildman–Crippen MR) is 80.4 cm³/mol. The molecule has 3 rings (SSSR count). The summed E-state index contributed by atoms with van der Waals surface area (Å²) in [6.07, 6.45) is 0.987. The third-order valence-electron chi connectivity index (χ3n) is 3.89. The molecule has 2 N–H and O–H groups in total. The van der Waals surface area contributed by atoms with Crippen molar-refractivity contribution < 1.29 is 0 Å². The van der Waals surface area contributed by atoms with E-state index in [1.807, 2.05) is 0 Å². The molecule has 0 bridgehead atoms. The highest BCUT2D eigenvalue weighted by atomic mass is 15.2. The number of anilines is 1. The summed E-state index contributed by atoms with van der Waals surface area (Å²) in [5.74, 6) is 0. The van der Waals surface area contributed by atoms with Crippen molar-refractivity contribution in [3.05, 3.63) is 65.2 Å². The van der Waals surface area contributed by atoms with Crippen molar-refractivity contribution >= 4 is 5.69 Å². The fraction of sp³-hybridized carbons (Fsp3) is 0.294. The molecule has 1 atom stereocenters. The van der Waals surface area contributed by atoms with E-state index in [2.05, 4.69) is 60.4 Å². The van der Waals surface area contributed by atoms with Crippen molar-refractivity contribution in [2.45, 2.75) is 25.9 Å². The number of hydrogen-bond acceptors (Lipinski definition) is 2. The lowest BCUT2D eigenvalue weighted by atomic mass is 9.97. The number of fused-ring (bicyclic) bond motifs is 1. The van der Waals surface area contributed by atoms with Crippen molar-refractivity contribution in [1.29, 1.82) is 0 Å². The Kier molecular flexibility index (Phi) is 3.26. The van der Waals surface area contributed by atoms with Gasteiger partial charge in [0.25, 0.3) is 0 Å². The molecular weight excluding hydrogens is 232 g/mol. The third kappa shape index (κ3) is 2.49. The van der Waals surface area contributed by atoms with Crippen LogP contribution in [0.5, 0.6) is 0 Å². The Morgan fingerprint density at radius 3 is 2.68 bits per heavy atom. The van der Waals surface area contributed by atoms with Gasteiger partial charge >= 0.3 is 0 Å². The Hall–Kier alpha value is -1.80. The minimum Gasteiger partial charge on any atom is -0.365 e. The van der Waals surface area contributed by atoms with E-state index in [0.29, 0.717) is 0 Å². The molecule has 19 heavy (non-hydrogen) atoms. The first-order valence-electron chi connectivity index (χ1n) is 6.87. The zero-order valence-corrected chi connectivity index (χ0v) is 11.3. The first-order chi connectivity index (χ1) is 9.24. The van der Waals surface area contributed by atoms with Crippen LogP contribution in [0.3, 0.4) is 0 Å². The molecule has 0 aromatic heterocycles. The molecule has 0 saturated carbocycles. The molecule has 0 radical (unpaired) electrons. The van der Waals surface area contributed by atoms with E-state index in [9.17, 15) is 0 Å². The molecular formula is C17H20N2. The Labute approximate surface area is 114 Å². The van der Waals surface area contributed by atoms with E-state index in [-0.39, 0.29) is 6.04 Å². The molecule has 2 nitrogen and oxygen atoms in total. The average Bonchev–Trinajstić information content (AvgIpc) is 2.41. The van der Waals surface area contributed by atoms with E-state index in [1.165, 1.54) is 22.4 Å². The van der Waals surface area contributed by atoms with Crippen molar-refractivity contribution in [2.75, 3.05) is 11.4 Å². The lowest BCUT2D eigenvalue weighted by Gasteiger charge is -2.35. The summed E-state index contributed by atoms with van der Waals surface area (Å²) in [6, 6.07) is 17.4. The van der Waals surface area contributed by atoms with Gasteiger partial charge in [-0.05, 0) is 36.1 Å². The highest BCUT2D eigenvalue weighted by Crippen LogP contribution is 2.28. The number of para-hydroxylation sites is 1. The van der Waals surface area contributed by atoms with E-state index in [0.717, 1.165) is 19.5 Å². The summed E-state index contributed by atoms with van der Waals surface area (Å²) < 4.78 is 0. The van der Waals surface area contributed by atoms with Crippen LogP contribution in [0.25, 0.3) is 0 Å². The second-order valence-electron chi connectivity index (χ2n) is 5.40. The van der Waals surface area contributed by atoms with Gasteiger partial charge in [0, 0.05) is 24.8 Å². The van der Waals surface area contributed by atoms with Crippen molar-refractivity contribution in [3.8, 4) is 0 Å². The van der Waals surface area contributed by atoms with Gasteiger partial charge in [-0.25, -0.2) is 0 Å². The third-order valence-corrected chi connectivity index (χ3v) is 3.89. The van der Waals surface area contributed by atoms with E-state index >= 15 is 0 Å². The van der Waals surface area contributed by atoms with Crippen molar-refractivity contribution in [2.24, 2.45) is 5.73 Å². The second-order valence-corrected chi connectivity index (χ2v) is 5.40. The molecule has 2 aromatic rings. The topological polar surface area (TPSA) is 29.3 Å². The van der Waals surface area contributed by atoms with Gasteiger partial charge in [-0.15, -0.1) is 0 Å². The molecule has 1 aliphatic rings. The highest BCUT2D eigenvalue weighted by Gasteiger charge is 2.21. The smallest absolute Gasteiger partial charge is 0.0432 e. The molecule has 0 saturated heterocycles. The maximum atomic E-state index is 6.19. The average molecular weight is 252 g/mol. The zero-order valence-electron chi connectivity index (χ0n) is 11.3. The molecule has 1 unspecified atom stereocenters. The first kappa shape index (κ1) is 12.2. The molecule has 0 amide bonds. The molecule has 1 heterocycles. The number of hydrogen-bond donors (Lipinski definition) is 1. The van der Waals surface area contributed by atoms with Gasteiger partial charge in [-0.3, -0.25) is 0 Å². The SMILES string of the molecule is Cc1ccccc1CN1CC(N)Cc2ccccc21. The van der Waals surface area contributed by atoms with Crippen LogP contribution in [0.4, 0.5) is 5.69 Å². The van der Waals surface area contributed by atoms with Crippen LogP contribution in [0.2, 0.25) is 0 Å². The number of rotatable bonds is 2. The summed E-state index contributed by atoms with van der Waals surface area (Å²) in [6.45, 7) is 4.05. The lowest BCUT2D eigenvalue weighted by molar-refractivity contribution is 0.598. The van der Waals surface area contributed by atoms with Crippen LogP contribution in [0.15, 0.2) is 48.5 Å². The monoisotopic (exact) mass is 252 g/mol. The Balaban J connectivity index is 1.91. The summed E-state index contributed by atoms with van der Waals surface area (Å²) in [5, 5.41) is 0. The molecule has 98 valence electrons. The van der Waals surface area contributed by atoms with Crippen LogP contribution < -0.4 is 10.6 Å². The molecule has 0 spiro atoms. The van der Waals surface area contributed by atoms with Gasteiger partial charge in [0.05, 0.1) is 0 Å². The summed E-state index contributed by atoms with van der Waals surface area (Å²) >= 11 is 0. The number of nitrogens with two attached hydrogens (primary N) is 1. The number of aryl methyl sites for hydroxylation is 1. The largest absolute Gasteiger partial charge is 0.365 e. The predicted octanol–water partition coefficient (Wildman–Crippen LogP) is 2.89. The van der Waals surface area contributed by atoms with Gasteiger partial charge in [-0.1, -0.05) is 42.5 Å². The van der Waals surface area contributed by atoms with Crippen LogP contribution >= 0.6 is 0 Å². The highest BCUT2D eigenvalue weighted by molar-refractivity contribution is 5.56. The fourth-order valence-electron chi connectivity index (χ4n) is 2.86. The van der Waals surface area contributed by atoms with Gasteiger partial charge in [0.2, 0.25) is 0 Å². The van der Waals surface area contributed by atoms with Gasteiger partial charge in [0.1, 0.15) is 0 Å². The van der Waals surface area contributed by atoms with E-state index in [4.69, 9.17) is 5.73 Å². The van der Waals surface area contributed by atoms with Crippen LogP contribution in [-0.2, 0) is 13.0 Å². The summed E-state index contributed by atoms with van der Waals surface area (Å²) in [5.41, 5.74) is 11.6. The van der Waals surface area contributed by atoms with Gasteiger partial charge in [-0.2, -0.15) is 0 Å². The maximum Gasteiger partial charge on any atom is 0.0432 e. The fourth-order valence-corrected chi connectivity index (χ4v) is 2.86. The first-order valence-corrected chi connectivity index (χ1v) is 6.87. The second kappa shape index (κ2) is 5.06. The van der Waals surface area contributed by atoms with E-state index < -0.39 is 0 Å². The summed E-state index contributed by atoms with van der Waals surface area (Å²) in [4.78, 5) is 2.41. The maximum absolute atomic E-state index is 6.19. The Morgan fingerprint density at radius 2 is 1.84 bits per heavy atom. The van der Waals surface area contributed by atoms with Gasteiger partial charge < -0.3 is 10.6 Å². The number of nitrogens with zero attached hydrogens (tertiary/aromatic N) is 1. The molecule has 2 heteroatoms. The zero-order chi connectivity index (χ0) is 13.2.